The molecule has 1 saturated heterocycles. The van der Waals surface area contributed by atoms with Crippen molar-refractivity contribution in [1.82, 2.24) is 4.90 Å². The predicted octanol–water partition coefficient (Wildman–Crippen LogP) is 3.37. The Bertz CT molecular complexity index is 231. The fraction of sp³-hybridized carbons (Fsp3) is 0.933. The normalized spacial score (nSPS) is 20.9. The van der Waals surface area contributed by atoms with Gasteiger partial charge in [-0.3, -0.25) is 9.69 Å². The smallest absolute Gasteiger partial charge is 0.323 e. The number of piperidine rings is 1. The Kier molecular flexibility index (Phi) is 8.06. The molecule has 1 rings (SSSR count). The van der Waals surface area contributed by atoms with Crippen molar-refractivity contribution >= 4 is 5.97 Å². The molecule has 0 bridgehead atoms. The highest BCUT2D eigenvalue weighted by atomic mass is 16.5. The molecular weight excluding hydrogens is 226 g/mol. The maximum atomic E-state index is 11.9. The van der Waals surface area contributed by atoms with Crippen LogP contribution in [0, 0.1) is 0 Å². The number of carbonyl (C=O) groups is 1. The zero-order valence-corrected chi connectivity index (χ0v) is 12.1. The van der Waals surface area contributed by atoms with Crippen LogP contribution in [-0.2, 0) is 9.53 Å². The summed E-state index contributed by atoms with van der Waals surface area (Å²) in [6.45, 7) is 6.75. The van der Waals surface area contributed by atoms with Crippen LogP contribution in [0.25, 0.3) is 0 Å². The standard InChI is InChI=1S/C15H29NO2/c1-3-5-6-7-9-12-16-13-10-8-11-14(16)15(17)18-4-2/h14H,3-13H2,1-2H3. The molecule has 3 heteroatoms. The molecule has 1 fully saturated rings. The summed E-state index contributed by atoms with van der Waals surface area (Å²) < 4.78 is 5.18. The molecule has 0 aromatic carbocycles. The number of ether oxygens (including phenoxy) is 1. The highest BCUT2D eigenvalue weighted by molar-refractivity contribution is 5.75. The van der Waals surface area contributed by atoms with Crippen molar-refractivity contribution in [3.05, 3.63) is 0 Å². The number of hydrogen-bond acceptors (Lipinski definition) is 3. The molecule has 18 heavy (non-hydrogen) atoms. The summed E-state index contributed by atoms with van der Waals surface area (Å²) in [5, 5.41) is 0. The lowest BCUT2D eigenvalue weighted by Crippen LogP contribution is -2.45. The van der Waals surface area contributed by atoms with Crippen LogP contribution in [0.1, 0.15) is 65.2 Å². The van der Waals surface area contributed by atoms with Gasteiger partial charge in [-0.15, -0.1) is 0 Å². The Balaban J connectivity index is 2.28. The predicted molar refractivity (Wildman–Crippen MR) is 74.6 cm³/mol. The molecule has 1 heterocycles. The van der Waals surface area contributed by atoms with E-state index < -0.39 is 0 Å². The molecule has 0 radical (unpaired) electrons. The first-order valence-electron chi connectivity index (χ1n) is 7.70. The van der Waals surface area contributed by atoms with E-state index in [1.807, 2.05) is 6.92 Å². The molecule has 0 saturated carbocycles. The summed E-state index contributed by atoms with van der Waals surface area (Å²) in [5.74, 6) is -0.00856. The van der Waals surface area contributed by atoms with Crippen LogP contribution in [0.15, 0.2) is 0 Å². The summed E-state index contributed by atoms with van der Waals surface area (Å²) in [4.78, 5) is 14.2. The number of carbonyl (C=O) groups excluding carboxylic acids is 1. The number of unbranched alkanes of at least 4 members (excludes halogenated alkanes) is 4. The lowest BCUT2D eigenvalue weighted by atomic mass is 10.0. The average Bonchev–Trinajstić information content (AvgIpc) is 2.39. The third-order valence-electron chi connectivity index (χ3n) is 3.72. The molecule has 0 N–H and O–H groups in total. The summed E-state index contributed by atoms with van der Waals surface area (Å²) >= 11 is 0. The highest BCUT2D eigenvalue weighted by Crippen LogP contribution is 2.19. The monoisotopic (exact) mass is 255 g/mol. The molecule has 1 unspecified atom stereocenters. The molecule has 0 aromatic rings. The van der Waals surface area contributed by atoms with Gasteiger partial charge in [-0.2, -0.15) is 0 Å². The van der Waals surface area contributed by atoms with E-state index in [0.29, 0.717) is 6.61 Å². The topological polar surface area (TPSA) is 29.5 Å². The highest BCUT2D eigenvalue weighted by Gasteiger charge is 2.28. The van der Waals surface area contributed by atoms with Crippen LogP contribution in [0.3, 0.4) is 0 Å². The van der Waals surface area contributed by atoms with Crippen molar-refractivity contribution < 1.29 is 9.53 Å². The van der Waals surface area contributed by atoms with Gasteiger partial charge in [0, 0.05) is 0 Å². The van der Waals surface area contributed by atoms with Crippen LogP contribution < -0.4 is 0 Å². The third-order valence-corrected chi connectivity index (χ3v) is 3.72. The summed E-state index contributed by atoms with van der Waals surface area (Å²) in [6.07, 6.45) is 9.83. The molecular formula is C15H29NO2. The van der Waals surface area contributed by atoms with E-state index in [2.05, 4.69) is 11.8 Å². The van der Waals surface area contributed by atoms with E-state index in [4.69, 9.17) is 4.74 Å². The van der Waals surface area contributed by atoms with E-state index in [-0.39, 0.29) is 12.0 Å². The van der Waals surface area contributed by atoms with Crippen molar-refractivity contribution in [3.8, 4) is 0 Å². The molecule has 3 nitrogen and oxygen atoms in total. The van der Waals surface area contributed by atoms with Gasteiger partial charge in [0.1, 0.15) is 6.04 Å². The largest absolute Gasteiger partial charge is 0.465 e. The van der Waals surface area contributed by atoms with Crippen molar-refractivity contribution in [2.24, 2.45) is 0 Å². The molecule has 0 amide bonds. The summed E-state index contributed by atoms with van der Waals surface area (Å²) in [7, 11) is 0. The molecule has 106 valence electrons. The van der Waals surface area contributed by atoms with Gasteiger partial charge in [-0.25, -0.2) is 0 Å². The van der Waals surface area contributed by atoms with Gasteiger partial charge < -0.3 is 4.74 Å². The lowest BCUT2D eigenvalue weighted by Gasteiger charge is -2.33. The Hall–Kier alpha value is -0.570. The first-order chi connectivity index (χ1) is 8.79. The van der Waals surface area contributed by atoms with Gasteiger partial charge in [0.2, 0.25) is 0 Å². The van der Waals surface area contributed by atoms with E-state index in [1.165, 1.54) is 38.5 Å². The van der Waals surface area contributed by atoms with Gasteiger partial charge in [-0.1, -0.05) is 39.0 Å². The minimum absolute atomic E-state index is 0.00856. The first kappa shape index (κ1) is 15.5. The van der Waals surface area contributed by atoms with Gasteiger partial charge in [0.05, 0.1) is 6.61 Å². The number of likely N-dealkylation sites (tertiary alicyclic amines) is 1. The number of rotatable bonds is 8. The Morgan fingerprint density at radius 3 is 2.67 bits per heavy atom. The van der Waals surface area contributed by atoms with Crippen molar-refractivity contribution in [3.63, 3.8) is 0 Å². The van der Waals surface area contributed by atoms with Gasteiger partial charge in [-0.05, 0) is 39.3 Å². The quantitative estimate of drug-likeness (QED) is 0.492. The molecule has 0 aromatic heterocycles. The summed E-state index contributed by atoms with van der Waals surface area (Å²) in [5.41, 5.74) is 0. The van der Waals surface area contributed by atoms with Crippen LogP contribution in [0.5, 0.6) is 0 Å². The number of nitrogens with zero attached hydrogens (tertiary/aromatic N) is 1. The fourth-order valence-electron chi connectivity index (χ4n) is 2.68. The minimum atomic E-state index is -0.00856. The Morgan fingerprint density at radius 1 is 1.17 bits per heavy atom. The first-order valence-corrected chi connectivity index (χ1v) is 7.70. The second-order valence-electron chi connectivity index (χ2n) is 5.21. The minimum Gasteiger partial charge on any atom is -0.465 e. The SMILES string of the molecule is CCCCCCCN1CCCCC1C(=O)OCC. The number of hydrogen-bond donors (Lipinski definition) is 0. The van der Waals surface area contributed by atoms with Crippen LogP contribution >= 0.6 is 0 Å². The zero-order chi connectivity index (χ0) is 13.2. The molecule has 1 aliphatic rings. The molecule has 1 aliphatic heterocycles. The van der Waals surface area contributed by atoms with Gasteiger partial charge >= 0.3 is 5.97 Å². The van der Waals surface area contributed by atoms with Gasteiger partial charge in [0.15, 0.2) is 0 Å². The maximum absolute atomic E-state index is 11.9. The molecule has 0 spiro atoms. The molecule has 1 atom stereocenters. The molecule has 0 aliphatic carbocycles. The van der Waals surface area contributed by atoms with Gasteiger partial charge in [0.25, 0.3) is 0 Å². The van der Waals surface area contributed by atoms with E-state index in [9.17, 15) is 4.79 Å². The summed E-state index contributed by atoms with van der Waals surface area (Å²) in [6, 6.07) is 0.0323. The van der Waals surface area contributed by atoms with Crippen LogP contribution in [-0.4, -0.2) is 36.6 Å². The van der Waals surface area contributed by atoms with E-state index in [1.54, 1.807) is 0 Å². The Labute approximate surface area is 112 Å². The number of esters is 1. The van der Waals surface area contributed by atoms with Crippen LogP contribution in [0.2, 0.25) is 0 Å². The second kappa shape index (κ2) is 9.37. The van der Waals surface area contributed by atoms with Crippen molar-refractivity contribution in [2.75, 3.05) is 19.7 Å². The lowest BCUT2D eigenvalue weighted by molar-refractivity contribution is -0.150. The van der Waals surface area contributed by atoms with E-state index >= 15 is 0 Å². The Morgan fingerprint density at radius 2 is 1.94 bits per heavy atom. The van der Waals surface area contributed by atoms with Crippen molar-refractivity contribution in [2.45, 2.75) is 71.3 Å². The average molecular weight is 255 g/mol. The van der Waals surface area contributed by atoms with Crippen molar-refractivity contribution in [1.29, 1.82) is 0 Å². The van der Waals surface area contributed by atoms with Crippen LogP contribution in [0.4, 0.5) is 0 Å². The maximum Gasteiger partial charge on any atom is 0.323 e. The third kappa shape index (κ3) is 5.38. The second-order valence-corrected chi connectivity index (χ2v) is 5.21. The zero-order valence-electron chi connectivity index (χ0n) is 12.1. The fourth-order valence-corrected chi connectivity index (χ4v) is 2.68. The van der Waals surface area contributed by atoms with E-state index in [0.717, 1.165) is 25.9 Å².